The molecule has 0 atom stereocenters. The molecule has 4 nitrogen and oxygen atoms in total. The molecule has 2 aromatic heterocycles. The van der Waals surface area contributed by atoms with Crippen LogP contribution in [0.25, 0.3) is 22.4 Å². The summed E-state index contributed by atoms with van der Waals surface area (Å²) in [5, 5.41) is 0. The molecule has 2 heterocycles. The van der Waals surface area contributed by atoms with Crippen molar-refractivity contribution < 1.29 is 4.74 Å². The first-order valence-corrected chi connectivity index (χ1v) is 6.32. The summed E-state index contributed by atoms with van der Waals surface area (Å²) in [5.41, 5.74) is 3.76. The van der Waals surface area contributed by atoms with Crippen LogP contribution in [0.4, 0.5) is 0 Å². The zero-order chi connectivity index (χ0) is 13.4. The summed E-state index contributed by atoms with van der Waals surface area (Å²) in [6.45, 7) is 1.99. The maximum absolute atomic E-state index is 5.38. The van der Waals surface area contributed by atoms with Crippen LogP contribution >= 0.6 is 25.0 Å². The third kappa shape index (κ3) is 2.34. The van der Waals surface area contributed by atoms with Gasteiger partial charge in [0.15, 0.2) is 0 Å². The zero-order valence-electron chi connectivity index (χ0n) is 11.0. The third-order valence-electron chi connectivity index (χ3n) is 3.07. The number of aryl methyl sites for hydroxylation is 1. The van der Waals surface area contributed by atoms with Gasteiger partial charge in [-0.1, -0.05) is 6.07 Å². The van der Waals surface area contributed by atoms with Crippen molar-refractivity contribution in [1.29, 1.82) is 0 Å². The van der Waals surface area contributed by atoms with Crippen LogP contribution in [0, 0.1) is 6.92 Å². The minimum atomic E-state index is 0. The van der Waals surface area contributed by atoms with Crippen molar-refractivity contribution in [2.45, 2.75) is 11.8 Å². The fourth-order valence-corrected chi connectivity index (χ4v) is 2.55. The number of rotatable bonds is 2. The first-order chi connectivity index (χ1) is 9.20. The van der Waals surface area contributed by atoms with Gasteiger partial charge in [0, 0.05) is 11.8 Å². The highest BCUT2D eigenvalue weighted by atomic mass is 35.5. The Labute approximate surface area is 128 Å². The van der Waals surface area contributed by atoms with E-state index in [0.29, 0.717) is 0 Å². The second-order valence-electron chi connectivity index (χ2n) is 4.29. The van der Waals surface area contributed by atoms with E-state index in [1.165, 1.54) is 0 Å². The van der Waals surface area contributed by atoms with E-state index in [9.17, 15) is 0 Å². The van der Waals surface area contributed by atoms with Crippen molar-refractivity contribution in [3.63, 3.8) is 0 Å². The number of nitrogens with zero attached hydrogens (tertiary/aromatic N) is 2. The van der Waals surface area contributed by atoms with Gasteiger partial charge in [0.2, 0.25) is 0 Å². The van der Waals surface area contributed by atoms with Gasteiger partial charge in [-0.25, -0.2) is 4.98 Å². The summed E-state index contributed by atoms with van der Waals surface area (Å²) in [7, 11) is 1.65. The Morgan fingerprint density at radius 3 is 2.75 bits per heavy atom. The Balaban J connectivity index is 0.00000147. The molecule has 6 heteroatoms. The lowest BCUT2D eigenvalue weighted by molar-refractivity contribution is 0.402. The zero-order valence-corrected chi connectivity index (χ0v) is 12.8. The van der Waals surface area contributed by atoms with Crippen molar-refractivity contribution in [3.05, 3.63) is 36.2 Å². The van der Waals surface area contributed by atoms with Crippen molar-refractivity contribution in [2.24, 2.45) is 0 Å². The van der Waals surface area contributed by atoms with Crippen LogP contribution in [0.3, 0.4) is 0 Å². The Morgan fingerprint density at radius 1 is 1.25 bits per heavy atom. The average Bonchev–Trinajstić information content (AvgIpc) is 2.82. The molecule has 3 aromatic rings. The van der Waals surface area contributed by atoms with E-state index >= 15 is 0 Å². The molecular weight excluding hydrogens is 294 g/mol. The molecule has 0 bridgehead atoms. The largest absolute Gasteiger partial charge is 0.495 e. The number of aromatic amines is 1. The van der Waals surface area contributed by atoms with Gasteiger partial charge in [0.1, 0.15) is 17.1 Å². The molecular formula is C14H14ClN3OS. The number of methoxy groups -OCH3 is 1. The van der Waals surface area contributed by atoms with E-state index in [1.54, 1.807) is 19.5 Å². The number of thiol groups is 1. The number of hydrogen-bond acceptors (Lipinski definition) is 4. The normalized spacial score (nSPS) is 10.3. The van der Waals surface area contributed by atoms with Gasteiger partial charge >= 0.3 is 0 Å². The highest BCUT2D eigenvalue weighted by Gasteiger charge is 2.13. The van der Waals surface area contributed by atoms with Gasteiger partial charge in [-0.05, 0) is 24.6 Å². The molecule has 0 spiro atoms. The first-order valence-electron chi connectivity index (χ1n) is 5.87. The molecule has 0 saturated carbocycles. The lowest BCUT2D eigenvalue weighted by Gasteiger charge is -2.10. The van der Waals surface area contributed by atoms with E-state index in [1.807, 2.05) is 25.1 Å². The molecule has 0 radical (unpaired) electrons. The minimum absolute atomic E-state index is 0. The Kier molecular flexibility index (Phi) is 4.20. The van der Waals surface area contributed by atoms with Crippen molar-refractivity contribution >= 4 is 36.1 Å². The molecule has 0 saturated heterocycles. The second kappa shape index (κ2) is 5.73. The summed E-state index contributed by atoms with van der Waals surface area (Å²) in [5.74, 6) is 1.55. The third-order valence-corrected chi connectivity index (χ3v) is 3.52. The number of hydrogen-bond donors (Lipinski definition) is 2. The number of nitrogens with one attached hydrogen (secondary N) is 1. The SMILES string of the molecule is COc1c(C)ccc(-c2nc3cnccc3[nH]2)c1S.Cl. The maximum Gasteiger partial charge on any atom is 0.139 e. The fraction of sp³-hybridized carbons (Fsp3) is 0.143. The fourth-order valence-electron chi connectivity index (χ4n) is 2.11. The second-order valence-corrected chi connectivity index (χ2v) is 4.74. The van der Waals surface area contributed by atoms with E-state index in [2.05, 4.69) is 27.6 Å². The van der Waals surface area contributed by atoms with Crippen LogP contribution in [-0.2, 0) is 0 Å². The Hall–Kier alpha value is -1.72. The van der Waals surface area contributed by atoms with E-state index in [0.717, 1.165) is 38.6 Å². The quantitative estimate of drug-likeness (QED) is 0.711. The standard InChI is InChI=1S/C14H13N3OS.ClH/c1-8-3-4-9(13(19)12(8)18-2)14-16-10-5-6-15-7-11(10)17-14;/h3-7,19H,1-2H3,(H,16,17);1H. The number of pyridine rings is 1. The van der Waals surface area contributed by atoms with Gasteiger partial charge in [-0.15, -0.1) is 25.0 Å². The number of halogens is 1. The summed E-state index contributed by atoms with van der Waals surface area (Å²) in [4.78, 5) is 12.6. The molecule has 0 amide bonds. The summed E-state index contributed by atoms with van der Waals surface area (Å²) < 4.78 is 5.38. The van der Waals surface area contributed by atoms with E-state index in [-0.39, 0.29) is 12.4 Å². The molecule has 20 heavy (non-hydrogen) atoms. The van der Waals surface area contributed by atoms with Crippen LogP contribution in [-0.4, -0.2) is 22.1 Å². The maximum atomic E-state index is 5.38. The van der Waals surface area contributed by atoms with Gasteiger partial charge in [-0.2, -0.15) is 0 Å². The van der Waals surface area contributed by atoms with Gasteiger partial charge in [-0.3, -0.25) is 4.98 Å². The number of fused-ring (bicyclic) bond motifs is 1. The van der Waals surface area contributed by atoms with Crippen molar-refractivity contribution in [3.8, 4) is 17.1 Å². The molecule has 0 fully saturated rings. The van der Waals surface area contributed by atoms with Crippen LogP contribution in [0.2, 0.25) is 0 Å². The van der Waals surface area contributed by atoms with E-state index < -0.39 is 0 Å². The average molecular weight is 308 g/mol. The predicted molar refractivity (Wildman–Crippen MR) is 85.1 cm³/mol. The van der Waals surface area contributed by atoms with Gasteiger partial charge in [0.25, 0.3) is 0 Å². The van der Waals surface area contributed by atoms with Crippen LogP contribution in [0.5, 0.6) is 5.75 Å². The number of ether oxygens (including phenoxy) is 1. The highest BCUT2D eigenvalue weighted by Crippen LogP contribution is 2.35. The smallest absolute Gasteiger partial charge is 0.139 e. The summed E-state index contributed by atoms with van der Waals surface area (Å²) in [6.07, 6.45) is 3.47. The summed E-state index contributed by atoms with van der Waals surface area (Å²) >= 11 is 4.55. The molecule has 104 valence electrons. The van der Waals surface area contributed by atoms with Gasteiger partial charge < -0.3 is 9.72 Å². The lowest BCUT2D eigenvalue weighted by Crippen LogP contribution is -1.92. The molecule has 0 aliphatic heterocycles. The number of benzene rings is 1. The number of aromatic nitrogens is 3. The van der Waals surface area contributed by atoms with Crippen LogP contribution in [0.1, 0.15) is 5.56 Å². The predicted octanol–water partition coefficient (Wildman–Crippen LogP) is 3.65. The number of imidazole rings is 1. The first kappa shape index (κ1) is 14.7. The van der Waals surface area contributed by atoms with Crippen LogP contribution in [0.15, 0.2) is 35.5 Å². The topological polar surface area (TPSA) is 50.8 Å². The molecule has 0 unspecified atom stereocenters. The molecule has 1 N–H and O–H groups in total. The molecule has 3 rings (SSSR count). The van der Waals surface area contributed by atoms with Crippen molar-refractivity contribution in [1.82, 2.24) is 15.0 Å². The molecule has 0 aliphatic rings. The Morgan fingerprint density at radius 2 is 2.05 bits per heavy atom. The summed E-state index contributed by atoms with van der Waals surface area (Å²) in [6, 6.07) is 5.89. The highest BCUT2D eigenvalue weighted by molar-refractivity contribution is 7.80. The molecule has 0 aliphatic carbocycles. The van der Waals surface area contributed by atoms with Gasteiger partial charge in [0.05, 0.1) is 23.7 Å². The minimum Gasteiger partial charge on any atom is -0.495 e. The molecule has 1 aromatic carbocycles. The lowest BCUT2D eigenvalue weighted by atomic mass is 10.1. The monoisotopic (exact) mass is 307 g/mol. The Bertz CT molecular complexity index is 724. The number of H-pyrrole nitrogens is 1. The van der Waals surface area contributed by atoms with Crippen LogP contribution < -0.4 is 4.74 Å². The van der Waals surface area contributed by atoms with E-state index in [4.69, 9.17) is 4.74 Å². The van der Waals surface area contributed by atoms with Crippen molar-refractivity contribution in [2.75, 3.05) is 7.11 Å².